The van der Waals surface area contributed by atoms with Crippen LogP contribution in [-0.4, -0.2) is 47.6 Å². The van der Waals surface area contributed by atoms with Gasteiger partial charge < -0.3 is 14.4 Å². The van der Waals surface area contributed by atoms with Gasteiger partial charge in [0.15, 0.2) is 12.4 Å². The number of nitro groups is 1. The van der Waals surface area contributed by atoms with Gasteiger partial charge in [-0.1, -0.05) is 12.1 Å². The second-order valence-corrected chi connectivity index (χ2v) is 5.07. The van der Waals surface area contributed by atoms with E-state index in [0.717, 1.165) is 0 Å². The number of nitro benzene ring substituents is 1. The van der Waals surface area contributed by atoms with E-state index in [1.807, 2.05) is 13.8 Å². The van der Waals surface area contributed by atoms with Crippen molar-refractivity contribution in [2.45, 2.75) is 26.1 Å². The van der Waals surface area contributed by atoms with Crippen LogP contribution in [0.4, 0.5) is 5.69 Å². The van der Waals surface area contributed by atoms with E-state index in [2.05, 4.69) is 0 Å². The molecule has 1 heterocycles. The van der Waals surface area contributed by atoms with Crippen LogP contribution in [0.25, 0.3) is 0 Å². The van der Waals surface area contributed by atoms with E-state index >= 15 is 0 Å². The van der Waals surface area contributed by atoms with E-state index in [-0.39, 0.29) is 36.2 Å². The summed E-state index contributed by atoms with van der Waals surface area (Å²) in [5.41, 5.74) is -0.144. The number of ether oxygens (including phenoxy) is 2. The number of hydrogen-bond acceptors (Lipinski definition) is 5. The molecule has 2 rings (SSSR count). The molecule has 0 aliphatic carbocycles. The molecule has 1 amide bonds. The quantitative estimate of drug-likeness (QED) is 0.622. The van der Waals surface area contributed by atoms with Crippen LogP contribution in [0.2, 0.25) is 0 Å². The molecule has 7 nitrogen and oxygen atoms in total. The molecule has 2 atom stereocenters. The van der Waals surface area contributed by atoms with E-state index in [0.29, 0.717) is 13.1 Å². The smallest absolute Gasteiger partial charge is 0.310 e. The number of benzene rings is 1. The van der Waals surface area contributed by atoms with Crippen molar-refractivity contribution in [1.82, 2.24) is 4.90 Å². The molecule has 2 unspecified atom stereocenters. The third-order valence-corrected chi connectivity index (χ3v) is 3.19. The third-order valence-electron chi connectivity index (χ3n) is 3.19. The molecular formula is C14H18N2O5. The van der Waals surface area contributed by atoms with Crippen molar-refractivity contribution in [2.75, 3.05) is 19.7 Å². The van der Waals surface area contributed by atoms with Crippen molar-refractivity contribution in [2.24, 2.45) is 0 Å². The number of para-hydroxylation sites is 2. The Bertz CT molecular complexity index is 524. The predicted octanol–water partition coefficient (Wildman–Crippen LogP) is 1.61. The highest BCUT2D eigenvalue weighted by Crippen LogP contribution is 2.25. The lowest BCUT2D eigenvalue weighted by molar-refractivity contribution is -0.385. The standard InChI is InChI=1S/C14H18N2O5/c1-10-7-15(8-11(2)21-10)14(17)9-20-13-6-4-3-5-12(13)16(18)19/h3-6,10-11H,7-9H2,1-2H3. The van der Waals surface area contributed by atoms with Gasteiger partial charge in [0.05, 0.1) is 17.1 Å². The summed E-state index contributed by atoms with van der Waals surface area (Å²) in [6, 6.07) is 6.01. The number of hydrogen-bond donors (Lipinski definition) is 0. The Hall–Kier alpha value is -2.15. The molecule has 0 N–H and O–H groups in total. The fourth-order valence-electron chi connectivity index (χ4n) is 2.34. The van der Waals surface area contributed by atoms with E-state index in [9.17, 15) is 14.9 Å². The van der Waals surface area contributed by atoms with Gasteiger partial charge in [-0.05, 0) is 19.9 Å². The average Bonchev–Trinajstić information content (AvgIpc) is 2.43. The molecule has 21 heavy (non-hydrogen) atoms. The lowest BCUT2D eigenvalue weighted by Crippen LogP contribution is -2.49. The van der Waals surface area contributed by atoms with Crippen molar-refractivity contribution in [3.05, 3.63) is 34.4 Å². The molecule has 0 saturated carbocycles. The molecule has 1 fully saturated rings. The second kappa shape index (κ2) is 6.53. The Morgan fingerprint density at radius 2 is 2.00 bits per heavy atom. The Morgan fingerprint density at radius 3 is 2.62 bits per heavy atom. The van der Waals surface area contributed by atoms with Crippen LogP contribution in [0.5, 0.6) is 5.75 Å². The lowest BCUT2D eigenvalue weighted by atomic mass is 10.2. The van der Waals surface area contributed by atoms with E-state index in [1.165, 1.54) is 12.1 Å². The highest BCUT2D eigenvalue weighted by atomic mass is 16.6. The minimum absolute atomic E-state index is 0.0243. The van der Waals surface area contributed by atoms with E-state index in [4.69, 9.17) is 9.47 Å². The monoisotopic (exact) mass is 294 g/mol. The molecule has 1 aliphatic rings. The topological polar surface area (TPSA) is 81.9 Å². The fourth-order valence-corrected chi connectivity index (χ4v) is 2.34. The maximum absolute atomic E-state index is 12.1. The van der Waals surface area contributed by atoms with Gasteiger partial charge in [-0.15, -0.1) is 0 Å². The number of carbonyl (C=O) groups excluding carboxylic acids is 1. The molecule has 7 heteroatoms. The average molecular weight is 294 g/mol. The number of morpholine rings is 1. The first-order valence-electron chi connectivity index (χ1n) is 6.77. The molecule has 0 spiro atoms. The van der Waals surface area contributed by atoms with Crippen molar-refractivity contribution in [3.63, 3.8) is 0 Å². The van der Waals surface area contributed by atoms with E-state index in [1.54, 1.807) is 17.0 Å². The summed E-state index contributed by atoms with van der Waals surface area (Å²) in [5.74, 6) is -0.0969. The Labute approximate surface area is 122 Å². The lowest BCUT2D eigenvalue weighted by Gasteiger charge is -2.35. The summed E-state index contributed by atoms with van der Waals surface area (Å²) in [7, 11) is 0. The zero-order valence-corrected chi connectivity index (χ0v) is 12.0. The zero-order valence-electron chi connectivity index (χ0n) is 12.0. The maximum Gasteiger partial charge on any atom is 0.310 e. The van der Waals surface area contributed by atoms with Gasteiger partial charge in [0.25, 0.3) is 5.91 Å². The minimum atomic E-state index is -0.529. The van der Waals surface area contributed by atoms with Crippen LogP contribution in [0.3, 0.4) is 0 Å². The van der Waals surface area contributed by atoms with Gasteiger partial charge >= 0.3 is 5.69 Å². The fraction of sp³-hybridized carbons (Fsp3) is 0.500. The van der Waals surface area contributed by atoms with Crippen LogP contribution >= 0.6 is 0 Å². The zero-order chi connectivity index (χ0) is 15.4. The Balaban J connectivity index is 1.97. The van der Waals surface area contributed by atoms with Crippen LogP contribution in [0.1, 0.15) is 13.8 Å². The first-order valence-corrected chi connectivity index (χ1v) is 6.77. The van der Waals surface area contributed by atoms with Gasteiger partial charge in [0.1, 0.15) is 0 Å². The maximum atomic E-state index is 12.1. The normalized spacial score (nSPS) is 21.9. The van der Waals surface area contributed by atoms with Crippen molar-refractivity contribution in [1.29, 1.82) is 0 Å². The number of carbonyl (C=O) groups is 1. The number of rotatable bonds is 4. The van der Waals surface area contributed by atoms with Crippen LogP contribution in [-0.2, 0) is 9.53 Å². The van der Waals surface area contributed by atoms with Gasteiger partial charge in [0.2, 0.25) is 0 Å². The third kappa shape index (κ3) is 3.91. The van der Waals surface area contributed by atoms with Crippen LogP contribution in [0.15, 0.2) is 24.3 Å². The Kier molecular flexibility index (Phi) is 4.74. The number of nitrogens with zero attached hydrogens (tertiary/aromatic N) is 2. The summed E-state index contributed by atoms with van der Waals surface area (Å²) in [6.45, 7) is 4.59. The first kappa shape index (κ1) is 15.2. The molecule has 1 aromatic rings. The van der Waals surface area contributed by atoms with Gasteiger partial charge in [-0.3, -0.25) is 14.9 Å². The van der Waals surface area contributed by atoms with Crippen LogP contribution < -0.4 is 4.74 Å². The molecule has 0 radical (unpaired) electrons. The van der Waals surface area contributed by atoms with Crippen molar-refractivity contribution in [3.8, 4) is 5.75 Å². The van der Waals surface area contributed by atoms with Crippen molar-refractivity contribution < 1.29 is 19.2 Å². The van der Waals surface area contributed by atoms with Gasteiger partial charge in [0, 0.05) is 19.2 Å². The summed E-state index contributed by atoms with van der Waals surface area (Å²) in [6.07, 6.45) is -0.0486. The van der Waals surface area contributed by atoms with Crippen molar-refractivity contribution >= 4 is 11.6 Å². The molecule has 1 aliphatic heterocycles. The predicted molar refractivity (Wildman–Crippen MR) is 75.2 cm³/mol. The Morgan fingerprint density at radius 1 is 1.38 bits per heavy atom. The van der Waals surface area contributed by atoms with Gasteiger partial charge in [-0.25, -0.2) is 0 Å². The second-order valence-electron chi connectivity index (χ2n) is 5.07. The summed E-state index contributed by atoms with van der Waals surface area (Å²) in [5, 5.41) is 10.9. The van der Waals surface area contributed by atoms with Crippen LogP contribution in [0, 0.1) is 10.1 Å². The molecule has 114 valence electrons. The summed E-state index contributed by atoms with van der Waals surface area (Å²) >= 11 is 0. The molecular weight excluding hydrogens is 276 g/mol. The van der Waals surface area contributed by atoms with E-state index < -0.39 is 4.92 Å². The highest BCUT2D eigenvalue weighted by Gasteiger charge is 2.26. The number of amides is 1. The summed E-state index contributed by atoms with van der Waals surface area (Å²) in [4.78, 5) is 24.1. The first-order chi connectivity index (χ1) is 9.97. The molecule has 0 aromatic heterocycles. The molecule has 0 bridgehead atoms. The molecule has 1 saturated heterocycles. The highest BCUT2D eigenvalue weighted by molar-refractivity contribution is 5.78. The van der Waals surface area contributed by atoms with Gasteiger partial charge in [-0.2, -0.15) is 0 Å². The minimum Gasteiger partial charge on any atom is -0.477 e. The summed E-state index contributed by atoms with van der Waals surface area (Å²) < 4.78 is 10.9. The largest absolute Gasteiger partial charge is 0.477 e. The molecule has 1 aromatic carbocycles. The SMILES string of the molecule is CC1CN(C(=O)COc2ccccc2[N+](=O)[O-])CC(C)O1.